The van der Waals surface area contributed by atoms with E-state index < -0.39 is 11.9 Å². The summed E-state index contributed by atoms with van der Waals surface area (Å²) in [4.78, 5) is 25.1. The maximum atomic E-state index is 12.6. The zero-order chi connectivity index (χ0) is 21.2. The monoisotopic (exact) mass is 454 g/mol. The number of hydrogen-bond acceptors (Lipinski definition) is 4. The van der Waals surface area contributed by atoms with E-state index in [0.717, 1.165) is 17.1 Å². The van der Waals surface area contributed by atoms with E-state index in [0.29, 0.717) is 24.6 Å². The molecule has 0 aliphatic heterocycles. The number of nitrogens with one attached hydrogen (secondary N) is 2. The van der Waals surface area contributed by atoms with Gasteiger partial charge in [-0.3, -0.25) is 9.59 Å². The van der Waals surface area contributed by atoms with Gasteiger partial charge in [0.1, 0.15) is 18.4 Å². The van der Waals surface area contributed by atoms with Crippen LogP contribution < -0.4 is 15.4 Å². The molecule has 2 amide bonds. The first-order valence-corrected chi connectivity index (χ1v) is 11.3. The SMILES string of the molecule is CSCCC(NC(=O)c1ccc(Cl)cc1Cl)C(=O)NCCOc1cccc(C)c1. The summed E-state index contributed by atoms with van der Waals surface area (Å²) in [5.41, 5.74) is 1.38. The van der Waals surface area contributed by atoms with Crippen molar-refractivity contribution >= 4 is 46.8 Å². The number of carbonyl (C=O) groups is 2. The van der Waals surface area contributed by atoms with E-state index in [1.54, 1.807) is 23.9 Å². The molecular formula is C21H24Cl2N2O3S. The number of amides is 2. The highest BCUT2D eigenvalue weighted by atomic mass is 35.5. The molecule has 0 aromatic heterocycles. The predicted molar refractivity (Wildman–Crippen MR) is 120 cm³/mol. The Balaban J connectivity index is 1.90. The van der Waals surface area contributed by atoms with E-state index in [9.17, 15) is 9.59 Å². The van der Waals surface area contributed by atoms with E-state index in [4.69, 9.17) is 27.9 Å². The molecule has 2 N–H and O–H groups in total. The molecular weight excluding hydrogens is 431 g/mol. The largest absolute Gasteiger partial charge is 0.492 e. The number of hydrogen-bond donors (Lipinski definition) is 2. The average molecular weight is 455 g/mol. The number of aryl methyl sites for hydroxylation is 1. The molecule has 0 aliphatic carbocycles. The van der Waals surface area contributed by atoms with Crippen LogP contribution >= 0.6 is 35.0 Å². The van der Waals surface area contributed by atoms with Crippen LogP contribution in [0.15, 0.2) is 42.5 Å². The van der Waals surface area contributed by atoms with Crippen LogP contribution in [0.1, 0.15) is 22.3 Å². The molecule has 1 unspecified atom stereocenters. The van der Waals surface area contributed by atoms with Gasteiger partial charge in [0.25, 0.3) is 5.91 Å². The summed E-state index contributed by atoms with van der Waals surface area (Å²) in [7, 11) is 0. The third-order valence-corrected chi connectivity index (χ3v) is 5.26. The molecule has 0 fully saturated rings. The molecule has 0 bridgehead atoms. The van der Waals surface area contributed by atoms with Crippen molar-refractivity contribution in [3.63, 3.8) is 0 Å². The second kappa shape index (κ2) is 12.0. The van der Waals surface area contributed by atoms with Crippen LogP contribution in [0.4, 0.5) is 0 Å². The third-order valence-electron chi connectivity index (χ3n) is 4.07. The van der Waals surface area contributed by atoms with Gasteiger partial charge >= 0.3 is 0 Å². The summed E-state index contributed by atoms with van der Waals surface area (Å²) >= 11 is 13.6. The van der Waals surface area contributed by atoms with Crippen LogP contribution in [0.25, 0.3) is 0 Å². The van der Waals surface area contributed by atoms with E-state index >= 15 is 0 Å². The zero-order valence-corrected chi connectivity index (χ0v) is 18.7. The fourth-order valence-electron chi connectivity index (χ4n) is 2.59. The minimum Gasteiger partial charge on any atom is -0.492 e. The molecule has 2 rings (SSSR count). The van der Waals surface area contributed by atoms with Gasteiger partial charge in [0.05, 0.1) is 17.1 Å². The lowest BCUT2D eigenvalue weighted by molar-refractivity contribution is -0.123. The van der Waals surface area contributed by atoms with Crippen LogP contribution in [-0.2, 0) is 4.79 Å². The molecule has 0 aliphatic rings. The van der Waals surface area contributed by atoms with Gasteiger partial charge < -0.3 is 15.4 Å². The number of rotatable bonds is 10. The summed E-state index contributed by atoms with van der Waals surface area (Å²) in [6.07, 6.45) is 2.45. The van der Waals surface area contributed by atoms with Crippen molar-refractivity contribution in [1.29, 1.82) is 0 Å². The number of ether oxygens (including phenoxy) is 1. The molecule has 0 heterocycles. The van der Waals surface area contributed by atoms with Gasteiger partial charge in [0.2, 0.25) is 5.91 Å². The lowest BCUT2D eigenvalue weighted by atomic mass is 10.1. The number of halogens is 2. The molecule has 2 aromatic carbocycles. The zero-order valence-electron chi connectivity index (χ0n) is 16.3. The van der Waals surface area contributed by atoms with Gasteiger partial charge in [0, 0.05) is 5.02 Å². The highest BCUT2D eigenvalue weighted by molar-refractivity contribution is 7.98. The van der Waals surface area contributed by atoms with E-state index in [1.807, 2.05) is 37.4 Å². The van der Waals surface area contributed by atoms with Crippen molar-refractivity contribution in [1.82, 2.24) is 10.6 Å². The molecule has 0 spiro atoms. The molecule has 2 aromatic rings. The summed E-state index contributed by atoms with van der Waals surface area (Å²) < 4.78 is 5.64. The summed E-state index contributed by atoms with van der Waals surface area (Å²) in [6, 6.07) is 11.7. The summed E-state index contributed by atoms with van der Waals surface area (Å²) in [5.74, 6) is 0.810. The Bertz CT molecular complexity index is 848. The molecule has 0 saturated carbocycles. The normalized spacial score (nSPS) is 11.6. The van der Waals surface area contributed by atoms with Crippen LogP contribution in [0.3, 0.4) is 0 Å². The number of benzene rings is 2. The van der Waals surface area contributed by atoms with Gasteiger partial charge in [-0.2, -0.15) is 11.8 Å². The van der Waals surface area contributed by atoms with Crippen molar-refractivity contribution in [3.8, 4) is 5.75 Å². The Kier molecular flexibility index (Phi) is 9.64. The molecule has 8 heteroatoms. The van der Waals surface area contributed by atoms with Gasteiger partial charge in [-0.25, -0.2) is 0 Å². The summed E-state index contributed by atoms with van der Waals surface area (Å²) in [6.45, 7) is 2.65. The molecule has 0 saturated heterocycles. The Labute approximate surface area is 185 Å². The molecule has 5 nitrogen and oxygen atoms in total. The topological polar surface area (TPSA) is 67.4 Å². The Morgan fingerprint density at radius 1 is 1.17 bits per heavy atom. The third kappa shape index (κ3) is 7.80. The molecule has 29 heavy (non-hydrogen) atoms. The Morgan fingerprint density at radius 3 is 2.66 bits per heavy atom. The van der Waals surface area contributed by atoms with Gasteiger partial charge in [0.15, 0.2) is 0 Å². The maximum Gasteiger partial charge on any atom is 0.253 e. The van der Waals surface area contributed by atoms with Crippen molar-refractivity contribution < 1.29 is 14.3 Å². The Morgan fingerprint density at radius 2 is 1.97 bits per heavy atom. The molecule has 156 valence electrons. The summed E-state index contributed by atoms with van der Waals surface area (Å²) in [5, 5.41) is 6.26. The average Bonchev–Trinajstić information content (AvgIpc) is 2.68. The fraction of sp³-hybridized carbons (Fsp3) is 0.333. The quantitative estimate of drug-likeness (QED) is 0.523. The van der Waals surface area contributed by atoms with Crippen molar-refractivity contribution in [2.75, 3.05) is 25.2 Å². The lowest BCUT2D eigenvalue weighted by Gasteiger charge is -2.19. The number of carbonyl (C=O) groups excluding carboxylic acids is 2. The highest BCUT2D eigenvalue weighted by Gasteiger charge is 2.22. The molecule has 0 radical (unpaired) electrons. The van der Waals surface area contributed by atoms with Crippen LogP contribution in [0, 0.1) is 6.92 Å². The number of thioether (sulfide) groups is 1. The maximum absolute atomic E-state index is 12.6. The van der Waals surface area contributed by atoms with Crippen molar-refractivity contribution in [2.45, 2.75) is 19.4 Å². The van der Waals surface area contributed by atoms with Crippen LogP contribution in [0.2, 0.25) is 10.0 Å². The minimum atomic E-state index is -0.666. The second-order valence-electron chi connectivity index (χ2n) is 6.39. The van der Waals surface area contributed by atoms with E-state index in [1.165, 1.54) is 6.07 Å². The van der Waals surface area contributed by atoms with Gasteiger partial charge in [-0.15, -0.1) is 0 Å². The van der Waals surface area contributed by atoms with Gasteiger partial charge in [-0.05, 0) is 61.2 Å². The van der Waals surface area contributed by atoms with Crippen LogP contribution in [0.5, 0.6) is 5.75 Å². The van der Waals surface area contributed by atoms with Gasteiger partial charge in [-0.1, -0.05) is 35.3 Å². The minimum absolute atomic E-state index is 0.241. The first kappa shape index (κ1) is 23.4. The first-order valence-electron chi connectivity index (χ1n) is 9.12. The van der Waals surface area contributed by atoms with Crippen molar-refractivity contribution in [3.05, 3.63) is 63.6 Å². The fourth-order valence-corrected chi connectivity index (χ4v) is 3.55. The highest BCUT2D eigenvalue weighted by Crippen LogP contribution is 2.21. The van der Waals surface area contributed by atoms with Crippen molar-refractivity contribution in [2.24, 2.45) is 0 Å². The second-order valence-corrected chi connectivity index (χ2v) is 8.22. The van der Waals surface area contributed by atoms with Crippen LogP contribution in [-0.4, -0.2) is 43.0 Å². The Hall–Kier alpha value is -1.89. The van der Waals surface area contributed by atoms with E-state index in [2.05, 4.69) is 10.6 Å². The first-order chi connectivity index (χ1) is 13.9. The molecule has 1 atom stereocenters. The van der Waals surface area contributed by atoms with E-state index in [-0.39, 0.29) is 16.5 Å². The standard InChI is InChI=1S/C21H24Cl2N2O3S/c1-14-4-3-5-16(12-14)28-10-9-24-21(27)19(8-11-29-2)25-20(26)17-7-6-15(22)13-18(17)23/h3-7,12-13,19H,8-11H2,1-2H3,(H,24,27)(H,25,26). The smallest absolute Gasteiger partial charge is 0.253 e. The predicted octanol–water partition coefficient (Wildman–Crippen LogP) is 4.35. The lowest BCUT2D eigenvalue weighted by Crippen LogP contribution is -2.48.